The number of carbonyl (C=O) groups is 1. The molecule has 0 aromatic rings. The molecule has 0 amide bonds. The Morgan fingerprint density at radius 2 is 1.50 bits per heavy atom. The summed E-state index contributed by atoms with van der Waals surface area (Å²) in [5, 5.41) is 65.7. The summed E-state index contributed by atoms with van der Waals surface area (Å²) in [5.41, 5.74) is 0. The van der Waals surface area contributed by atoms with Crippen LogP contribution in [0.25, 0.3) is 0 Å². The molecular formula is C11H18O11. The maximum Gasteiger partial charge on any atom is 0.335 e. The second kappa shape index (κ2) is 6.70. The standard InChI is InChI=1S/C11H18O11/c12-3-2(21-10(19)6(3)15)1-20-11-7(16)4(13)5(14)8(22-11)9(17)18/h2-8,10-16,19H,1H2,(H,17,18). The van der Waals surface area contributed by atoms with Gasteiger partial charge in [0.05, 0.1) is 6.61 Å². The van der Waals surface area contributed by atoms with Crippen LogP contribution >= 0.6 is 0 Å². The lowest BCUT2D eigenvalue weighted by Crippen LogP contribution is -2.60. The van der Waals surface area contributed by atoms with E-state index in [0.717, 1.165) is 0 Å². The smallest absolute Gasteiger partial charge is 0.335 e. The molecule has 0 bridgehead atoms. The third-order valence-corrected chi connectivity index (χ3v) is 3.57. The molecular weight excluding hydrogens is 308 g/mol. The number of carboxylic acid groups (broad SMARTS) is 1. The molecule has 2 heterocycles. The van der Waals surface area contributed by atoms with Crippen molar-refractivity contribution in [2.45, 2.75) is 55.3 Å². The first-order valence-electron chi connectivity index (χ1n) is 6.47. The molecule has 0 radical (unpaired) electrons. The first-order valence-corrected chi connectivity index (χ1v) is 6.47. The molecule has 2 saturated heterocycles. The zero-order valence-electron chi connectivity index (χ0n) is 11.2. The average molecular weight is 326 g/mol. The van der Waals surface area contributed by atoms with E-state index >= 15 is 0 Å². The summed E-state index contributed by atoms with van der Waals surface area (Å²) in [6.07, 6.45) is -14.6. The van der Waals surface area contributed by atoms with Crippen molar-refractivity contribution in [1.82, 2.24) is 0 Å². The number of aliphatic hydroxyl groups excluding tert-OH is 6. The third-order valence-electron chi connectivity index (χ3n) is 3.57. The monoisotopic (exact) mass is 326 g/mol. The number of aliphatic carboxylic acids is 1. The fraction of sp³-hybridized carbons (Fsp3) is 0.909. The van der Waals surface area contributed by atoms with Gasteiger partial charge in [-0.3, -0.25) is 0 Å². The van der Waals surface area contributed by atoms with Crippen LogP contribution in [0, 0.1) is 0 Å². The highest BCUT2D eigenvalue weighted by Gasteiger charge is 2.48. The van der Waals surface area contributed by atoms with Gasteiger partial charge in [-0.15, -0.1) is 0 Å². The molecule has 2 fully saturated rings. The van der Waals surface area contributed by atoms with Crippen LogP contribution in [0.2, 0.25) is 0 Å². The van der Waals surface area contributed by atoms with Gasteiger partial charge >= 0.3 is 5.97 Å². The molecule has 9 unspecified atom stereocenters. The van der Waals surface area contributed by atoms with E-state index in [-0.39, 0.29) is 0 Å². The molecule has 11 heteroatoms. The molecule has 128 valence electrons. The molecule has 2 aliphatic rings. The van der Waals surface area contributed by atoms with Gasteiger partial charge in [0.15, 0.2) is 18.7 Å². The Balaban J connectivity index is 1.95. The Hall–Kier alpha value is -0.890. The lowest BCUT2D eigenvalue weighted by atomic mass is 9.99. The van der Waals surface area contributed by atoms with Crippen molar-refractivity contribution in [3.05, 3.63) is 0 Å². The van der Waals surface area contributed by atoms with E-state index in [2.05, 4.69) is 0 Å². The summed E-state index contributed by atoms with van der Waals surface area (Å²) in [5.74, 6) is -1.56. The van der Waals surface area contributed by atoms with E-state index in [1.807, 2.05) is 0 Å². The van der Waals surface area contributed by atoms with Crippen LogP contribution in [0.1, 0.15) is 0 Å². The summed E-state index contributed by atoms with van der Waals surface area (Å²) < 4.78 is 14.7. The van der Waals surface area contributed by atoms with Gasteiger partial charge in [0.1, 0.15) is 36.6 Å². The van der Waals surface area contributed by atoms with E-state index in [4.69, 9.17) is 19.3 Å². The van der Waals surface area contributed by atoms with Crippen molar-refractivity contribution in [2.24, 2.45) is 0 Å². The minimum Gasteiger partial charge on any atom is -0.479 e. The minimum absolute atomic E-state index is 0.466. The van der Waals surface area contributed by atoms with Gasteiger partial charge < -0.3 is 50.0 Å². The predicted molar refractivity (Wildman–Crippen MR) is 63.2 cm³/mol. The normalized spacial score (nSPS) is 49.3. The van der Waals surface area contributed by atoms with Crippen molar-refractivity contribution in [3.8, 4) is 0 Å². The lowest BCUT2D eigenvalue weighted by molar-refractivity contribution is -0.300. The number of hydrogen-bond acceptors (Lipinski definition) is 10. The second-order valence-corrected chi connectivity index (χ2v) is 5.11. The van der Waals surface area contributed by atoms with Crippen molar-refractivity contribution in [2.75, 3.05) is 6.61 Å². The summed E-state index contributed by atoms with van der Waals surface area (Å²) in [6.45, 7) is -0.466. The van der Waals surface area contributed by atoms with Crippen molar-refractivity contribution >= 4 is 5.97 Å². The van der Waals surface area contributed by atoms with E-state index in [9.17, 15) is 35.4 Å². The number of rotatable bonds is 4. The Kier molecular flexibility index (Phi) is 5.32. The fourth-order valence-corrected chi connectivity index (χ4v) is 2.25. The lowest BCUT2D eigenvalue weighted by Gasteiger charge is -2.38. The van der Waals surface area contributed by atoms with Crippen LogP contribution in [-0.4, -0.2) is 104 Å². The van der Waals surface area contributed by atoms with Crippen molar-refractivity contribution in [3.63, 3.8) is 0 Å². The van der Waals surface area contributed by atoms with E-state index in [0.29, 0.717) is 0 Å². The first-order chi connectivity index (χ1) is 10.2. The van der Waals surface area contributed by atoms with Gasteiger partial charge in [-0.05, 0) is 0 Å². The fourth-order valence-electron chi connectivity index (χ4n) is 2.25. The SMILES string of the molecule is O=C(O)C1OC(OCC2OC(O)C(O)C2O)C(O)C(O)C1O. The van der Waals surface area contributed by atoms with E-state index < -0.39 is 67.9 Å². The highest BCUT2D eigenvalue weighted by molar-refractivity contribution is 5.73. The molecule has 2 aliphatic heterocycles. The molecule has 11 nitrogen and oxygen atoms in total. The maximum absolute atomic E-state index is 10.9. The summed E-state index contributed by atoms with van der Waals surface area (Å²) in [6, 6.07) is 0. The molecule has 0 aliphatic carbocycles. The molecule has 0 aromatic heterocycles. The zero-order chi connectivity index (χ0) is 16.6. The van der Waals surface area contributed by atoms with Crippen LogP contribution in [0.3, 0.4) is 0 Å². The molecule has 0 saturated carbocycles. The molecule has 22 heavy (non-hydrogen) atoms. The second-order valence-electron chi connectivity index (χ2n) is 5.11. The van der Waals surface area contributed by atoms with Crippen molar-refractivity contribution in [1.29, 1.82) is 0 Å². The van der Waals surface area contributed by atoms with Gasteiger partial charge in [-0.1, -0.05) is 0 Å². The Bertz CT molecular complexity index is 403. The van der Waals surface area contributed by atoms with Crippen LogP contribution in [0.4, 0.5) is 0 Å². The quantitative estimate of drug-likeness (QED) is 0.263. The average Bonchev–Trinajstić information content (AvgIpc) is 2.71. The highest BCUT2D eigenvalue weighted by atomic mass is 16.7. The highest BCUT2D eigenvalue weighted by Crippen LogP contribution is 2.25. The Morgan fingerprint density at radius 1 is 0.864 bits per heavy atom. The van der Waals surface area contributed by atoms with Crippen LogP contribution in [0.5, 0.6) is 0 Å². The van der Waals surface area contributed by atoms with Gasteiger partial charge in [0, 0.05) is 0 Å². The first kappa shape index (κ1) is 17.5. The molecule has 0 spiro atoms. The predicted octanol–water partition coefficient (Wildman–Crippen LogP) is -4.67. The van der Waals surface area contributed by atoms with Crippen LogP contribution in [-0.2, 0) is 19.0 Å². The topological polar surface area (TPSA) is 186 Å². The summed E-state index contributed by atoms with van der Waals surface area (Å²) in [4.78, 5) is 10.9. The molecule has 0 aromatic carbocycles. The van der Waals surface area contributed by atoms with Gasteiger partial charge in [0.25, 0.3) is 0 Å². The van der Waals surface area contributed by atoms with E-state index in [1.54, 1.807) is 0 Å². The number of carboxylic acids is 1. The number of aliphatic hydroxyl groups is 6. The van der Waals surface area contributed by atoms with Crippen LogP contribution in [0.15, 0.2) is 0 Å². The van der Waals surface area contributed by atoms with Gasteiger partial charge in [-0.2, -0.15) is 0 Å². The van der Waals surface area contributed by atoms with Crippen LogP contribution < -0.4 is 0 Å². The minimum atomic E-state index is -1.84. The van der Waals surface area contributed by atoms with Gasteiger partial charge in [0.2, 0.25) is 0 Å². The molecule has 9 atom stereocenters. The summed E-state index contributed by atoms with van der Waals surface area (Å²) >= 11 is 0. The Morgan fingerprint density at radius 3 is 2.00 bits per heavy atom. The molecule has 2 rings (SSSR count). The zero-order valence-corrected chi connectivity index (χ0v) is 11.2. The summed E-state index contributed by atoms with van der Waals surface area (Å²) in [7, 11) is 0. The molecule has 7 N–H and O–H groups in total. The largest absolute Gasteiger partial charge is 0.479 e. The van der Waals surface area contributed by atoms with Gasteiger partial charge in [-0.25, -0.2) is 4.79 Å². The van der Waals surface area contributed by atoms with Crippen molar-refractivity contribution < 1.29 is 54.8 Å². The van der Waals surface area contributed by atoms with E-state index in [1.165, 1.54) is 0 Å². The third kappa shape index (κ3) is 3.22. The Labute approximate surface area is 123 Å². The number of ether oxygens (including phenoxy) is 3. The maximum atomic E-state index is 10.9. The number of hydrogen-bond donors (Lipinski definition) is 7.